The number of methoxy groups -OCH3 is 1. The van der Waals surface area contributed by atoms with Crippen LogP contribution in [0.2, 0.25) is 0 Å². The second-order valence-corrected chi connectivity index (χ2v) is 7.67. The molecule has 0 aromatic heterocycles. The van der Waals surface area contributed by atoms with Crippen molar-refractivity contribution in [3.05, 3.63) is 58.0 Å². The highest BCUT2D eigenvalue weighted by Gasteiger charge is 2.67. The lowest BCUT2D eigenvalue weighted by atomic mass is 9.61. The number of rotatable bonds is 1. The molecule has 4 aliphatic rings. The smallest absolute Gasteiger partial charge is 0.336 e. The fourth-order valence-corrected chi connectivity index (χ4v) is 5.87. The molecule has 3 aliphatic heterocycles. The van der Waals surface area contributed by atoms with Crippen LogP contribution in [-0.4, -0.2) is 36.9 Å². The molecule has 2 fully saturated rings. The second-order valence-electron chi connectivity index (χ2n) is 7.67. The molecular weight excluding hydrogens is 316 g/mol. The van der Waals surface area contributed by atoms with Gasteiger partial charge in [-0.2, -0.15) is 0 Å². The number of ether oxygens (including phenoxy) is 1. The topological polar surface area (TPSA) is 61.4 Å². The van der Waals surface area contributed by atoms with Gasteiger partial charge in [-0.05, 0) is 24.1 Å². The van der Waals surface area contributed by atoms with E-state index < -0.39 is 0 Å². The number of anilines is 1. The quantitative estimate of drug-likeness (QED) is 0.370. The zero-order valence-corrected chi connectivity index (χ0v) is 14.5. The summed E-state index contributed by atoms with van der Waals surface area (Å²) in [5, 5.41) is 17.2. The van der Waals surface area contributed by atoms with Crippen LogP contribution in [-0.2, 0) is 14.9 Å². The Morgan fingerprint density at radius 3 is 3.00 bits per heavy atom. The number of fused-ring (bicyclic) bond motifs is 2. The van der Waals surface area contributed by atoms with E-state index in [4.69, 9.17) is 4.74 Å². The molecular formula is C20H22N2O3. The van der Waals surface area contributed by atoms with E-state index in [0.717, 1.165) is 35.4 Å². The molecule has 130 valence electrons. The zero-order chi connectivity index (χ0) is 17.4. The molecule has 3 heterocycles. The van der Waals surface area contributed by atoms with Gasteiger partial charge in [-0.3, -0.25) is 0 Å². The molecule has 1 aromatic rings. The normalized spacial score (nSPS) is 39.1. The van der Waals surface area contributed by atoms with Crippen molar-refractivity contribution in [1.29, 1.82) is 0 Å². The highest BCUT2D eigenvalue weighted by molar-refractivity contribution is 5.94. The summed E-state index contributed by atoms with van der Waals surface area (Å²) in [6, 6.07) is 8.16. The average Bonchev–Trinajstić information content (AvgIpc) is 3.14. The van der Waals surface area contributed by atoms with Gasteiger partial charge in [-0.15, -0.1) is 0 Å². The fourth-order valence-electron chi connectivity index (χ4n) is 5.87. The molecule has 1 spiro atoms. The third kappa shape index (κ3) is 1.63. The van der Waals surface area contributed by atoms with Crippen molar-refractivity contribution >= 4 is 11.7 Å². The van der Waals surface area contributed by atoms with Gasteiger partial charge in [0.15, 0.2) is 0 Å². The van der Waals surface area contributed by atoms with Crippen molar-refractivity contribution in [3.8, 4) is 0 Å². The van der Waals surface area contributed by atoms with Crippen molar-refractivity contribution in [3.63, 3.8) is 0 Å². The first-order valence-electron chi connectivity index (χ1n) is 8.97. The van der Waals surface area contributed by atoms with Gasteiger partial charge in [0.2, 0.25) is 0 Å². The van der Waals surface area contributed by atoms with Gasteiger partial charge in [0.25, 0.3) is 0 Å². The molecule has 0 amide bonds. The Kier molecular flexibility index (Phi) is 2.88. The van der Waals surface area contributed by atoms with Gasteiger partial charge in [0, 0.05) is 30.1 Å². The maximum absolute atomic E-state index is 13.7. The second kappa shape index (κ2) is 4.74. The summed E-state index contributed by atoms with van der Waals surface area (Å²) in [5.41, 5.74) is 4.58. The van der Waals surface area contributed by atoms with Crippen LogP contribution in [0.3, 0.4) is 0 Å². The number of hydroxylamine groups is 3. The summed E-state index contributed by atoms with van der Waals surface area (Å²) in [5.74, 6) is -0.277. The Morgan fingerprint density at radius 1 is 1.44 bits per heavy atom. The first-order valence-corrected chi connectivity index (χ1v) is 8.97. The zero-order valence-electron chi connectivity index (χ0n) is 14.5. The van der Waals surface area contributed by atoms with Gasteiger partial charge >= 0.3 is 5.97 Å². The first kappa shape index (κ1) is 15.2. The summed E-state index contributed by atoms with van der Waals surface area (Å²) < 4.78 is 5.00. The molecule has 5 nitrogen and oxygen atoms in total. The molecule has 0 radical (unpaired) electrons. The van der Waals surface area contributed by atoms with Crippen LogP contribution >= 0.6 is 0 Å². The van der Waals surface area contributed by atoms with Crippen molar-refractivity contribution in [2.45, 2.75) is 31.2 Å². The number of carbonyl (C=O) groups excluding carboxylic acids is 1. The van der Waals surface area contributed by atoms with E-state index in [9.17, 15) is 10.0 Å². The number of allylic oxidation sites excluding steroid dienone is 1. The third-order valence-corrected chi connectivity index (χ3v) is 6.89. The highest BCUT2D eigenvalue weighted by Crippen LogP contribution is 2.63. The highest BCUT2D eigenvalue weighted by atomic mass is 16.6. The third-order valence-electron chi connectivity index (χ3n) is 6.89. The largest absolute Gasteiger partial charge is 0.632 e. The van der Waals surface area contributed by atoms with Gasteiger partial charge in [-0.25, -0.2) is 4.79 Å². The molecule has 4 atom stereocenters. The summed E-state index contributed by atoms with van der Waals surface area (Å²) >= 11 is 0. The molecule has 25 heavy (non-hydrogen) atoms. The monoisotopic (exact) mass is 338 g/mol. The number of piperidine rings is 1. The van der Waals surface area contributed by atoms with Crippen LogP contribution in [0.4, 0.5) is 5.69 Å². The van der Waals surface area contributed by atoms with E-state index in [1.54, 1.807) is 0 Å². The number of carbonyl (C=O) groups is 1. The number of hydrogen-bond donors (Lipinski definition) is 1. The van der Waals surface area contributed by atoms with E-state index in [0.29, 0.717) is 13.1 Å². The number of benzene rings is 1. The van der Waals surface area contributed by atoms with Crippen LogP contribution in [0.1, 0.15) is 25.3 Å². The van der Waals surface area contributed by atoms with E-state index in [-0.39, 0.29) is 28.0 Å². The minimum atomic E-state index is -0.363. The van der Waals surface area contributed by atoms with Gasteiger partial charge in [-0.1, -0.05) is 24.3 Å². The lowest BCUT2D eigenvalue weighted by molar-refractivity contribution is -0.895. The summed E-state index contributed by atoms with van der Waals surface area (Å²) in [6.07, 6.45) is 3.54. The first-order chi connectivity index (χ1) is 12.0. The van der Waals surface area contributed by atoms with Crippen LogP contribution in [0.15, 0.2) is 47.2 Å². The molecule has 1 N–H and O–H groups in total. The van der Waals surface area contributed by atoms with Crippen LogP contribution in [0, 0.1) is 11.1 Å². The maximum Gasteiger partial charge on any atom is 0.336 e. The number of nitrogens with one attached hydrogen (secondary N) is 1. The van der Waals surface area contributed by atoms with E-state index in [2.05, 4.69) is 11.4 Å². The molecule has 2 bridgehead atoms. The molecule has 5 rings (SSSR count). The Hall–Kier alpha value is -2.11. The van der Waals surface area contributed by atoms with Crippen molar-refractivity contribution in [1.82, 2.24) is 0 Å². The molecule has 1 aliphatic carbocycles. The number of hydrogen-bond acceptors (Lipinski definition) is 4. The number of esters is 1. The predicted molar refractivity (Wildman–Crippen MR) is 94.4 cm³/mol. The van der Waals surface area contributed by atoms with Gasteiger partial charge < -0.3 is 19.9 Å². The van der Waals surface area contributed by atoms with Crippen LogP contribution in [0.25, 0.3) is 0 Å². The lowest BCUT2D eigenvalue weighted by Gasteiger charge is -2.55. The SMILES string of the molecule is C/C=C1\C[N+]2([O-])CCC34C(=C(C(=O)OC)[C@H]1C[C@@H]32)Nc1ccccc14. The van der Waals surface area contributed by atoms with Gasteiger partial charge in [0.05, 0.1) is 24.6 Å². The Balaban J connectivity index is 1.84. The predicted octanol–water partition coefficient (Wildman–Crippen LogP) is 2.84. The number of para-hydroxylation sites is 1. The van der Waals surface area contributed by atoms with Crippen molar-refractivity contribution in [2.75, 3.05) is 25.5 Å². The number of quaternary nitrogens is 1. The fraction of sp³-hybridized carbons (Fsp3) is 0.450. The maximum atomic E-state index is 13.7. The van der Waals surface area contributed by atoms with Gasteiger partial charge in [0.1, 0.15) is 12.6 Å². The summed E-state index contributed by atoms with van der Waals surface area (Å²) in [4.78, 5) is 12.7. The molecule has 2 unspecified atom stereocenters. The molecule has 2 saturated heterocycles. The minimum absolute atomic E-state index is 0.00862. The van der Waals surface area contributed by atoms with Crippen LogP contribution < -0.4 is 5.32 Å². The lowest BCUT2D eigenvalue weighted by Crippen LogP contribution is -2.60. The van der Waals surface area contributed by atoms with E-state index in [1.165, 1.54) is 12.7 Å². The Labute approximate surface area is 147 Å². The van der Waals surface area contributed by atoms with E-state index in [1.807, 2.05) is 31.2 Å². The van der Waals surface area contributed by atoms with E-state index >= 15 is 0 Å². The minimum Gasteiger partial charge on any atom is -0.632 e. The standard InChI is InChI=1S/C20H22N2O3/c1-3-12-11-22(24)9-8-20-14-6-4-5-7-15(14)21-18(20)17(19(23)25-2)13(12)10-16(20)22/h3-7,13,16,21H,8-11H2,1-2H3/b12-3+/t13-,16-,20?,22?/m0/s1. The molecule has 1 aromatic carbocycles. The number of nitrogens with zero attached hydrogens (tertiary/aromatic N) is 1. The Bertz CT molecular complexity index is 858. The van der Waals surface area contributed by atoms with Crippen molar-refractivity contribution in [2.24, 2.45) is 5.92 Å². The summed E-state index contributed by atoms with van der Waals surface area (Å²) in [6.45, 7) is 3.06. The molecule has 5 heteroatoms. The average molecular weight is 338 g/mol. The molecule has 0 saturated carbocycles. The van der Waals surface area contributed by atoms with Crippen LogP contribution in [0.5, 0.6) is 0 Å². The Morgan fingerprint density at radius 2 is 2.24 bits per heavy atom. The van der Waals surface area contributed by atoms with Crippen molar-refractivity contribution < 1.29 is 14.2 Å². The summed E-state index contributed by atoms with van der Waals surface area (Å²) in [7, 11) is 1.44.